The number of para-hydroxylation sites is 1. The van der Waals surface area contributed by atoms with Crippen molar-refractivity contribution in [3.8, 4) is 0 Å². The summed E-state index contributed by atoms with van der Waals surface area (Å²) in [4.78, 5) is 19.5. The number of nitrogen functional groups attached to an aromatic ring is 1. The predicted molar refractivity (Wildman–Crippen MR) is 70.2 cm³/mol. The average molecular weight is 263 g/mol. The van der Waals surface area contributed by atoms with Crippen LogP contribution in [0.15, 0.2) is 36.5 Å². The fourth-order valence-electron chi connectivity index (χ4n) is 1.43. The van der Waals surface area contributed by atoms with Gasteiger partial charge in [-0.15, -0.1) is 0 Å². The van der Waals surface area contributed by atoms with Crippen molar-refractivity contribution in [1.29, 1.82) is 0 Å². The summed E-state index contributed by atoms with van der Waals surface area (Å²) >= 11 is 5.69. The molecule has 5 nitrogen and oxygen atoms in total. The van der Waals surface area contributed by atoms with Crippen LogP contribution in [0.5, 0.6) is 0 Å². The molecule has 0 atom stereocenters. The number of nitrogens with two attached hydrogens (primary N) is 1. The van der Waals surface area contributed by atoms with Crippen molar-refractivity contribution >= 4 is 29.1 Å². The van der Waals surface area contributed by atoms with Gasteiger partial charge in [-0.05, 0) is 17.7 Å². The number of nitrogens with one attached hydrogen (secondary N) is 1. The highest BCUT2D eigenvalue weighted by atomic mass is 35.5. The van der Waals surface area contributed by atoms with Gasteiger partial charge in [0.15, 0.2) is 0 Å². The average Bonchev–Trinajstić information content (AvgIpc) is 2.32. The lowest BCUT2D eigenvalue weighted by Crippen LogP contribution is -2.17. The van der Waals surface area contributed by atoms with Crippen LogP contribution in [0.4, 0.5) is 11.6 Å². The maximum absolute atomic E-state index is 11.8. The van der Waals surface area contributed by atoms with E-state index >= 15 is 0 Å². The number of hydrogen-bond acceptors (Lipinski definition) is 4. The summed E-state index contributed by atoms with van der Waals surface area (Å²) in [5.74, 6) is -0.0582. The first-order valence-corrected chi connectivity index (χ1v) is 5.65. The Bertz CT molecular complexity index is 574. The van der Waals surface area contributed by atoms with Gasteiger partial charge in [0, 0.05) is 11.9 Å². The number of carbonyl (C=O) groups excluding carboxylic acids is 1. The smallest absolute Gasteiger partial charge is 0.231 e. The molecule has 0 unspecified atom stereocenters. The third kappa shape index (κ3) is 3.18. The Hall–Kier alpha value is -2.14. The van der Waals surface area contributed by atoms with Crippen molar-refractivity contribution in [2.45, 2.75) is 6.42 Å². The summed E-state index contributed by atoms with van der Waals surface area (Å²) < 4.78 is 0. The van der Waals surface area contributed by atoms with Crippen LogP contribution in [0.2, 0.25) is 5.15 Å². The molecule has 1 aromatic heterocycles. The van der Waals surface area contributed by atoms with Crippen LogP contribution in [-0.2, 0) is 11.2 Å². The van der Waals surface area contributed by atoms with Crippen molar-refractivity contribution in [3.63, 3.8) is 0 Å². The van der Waals surface area contributed by atoms with Gasteiger partial charge in [0.05, 0.1) is 6.42 Å². The minimum Gasteiger partial charge on any atom is -0.398 e. The number of carbonyl (C=O) groups is 1. The van der Waals surface area contributed by atoms with Gasteiger partial charge in [-0.1, -0.05) is 29.8 Å². The van der Waals surface area contributed by atoms with Gasteiger partial charge in [-0.2, -0.15) is 0 Å². The molecule has 1 aromatic carbocycles. The second-order valence-corrected chi connectivity index (χ2v) is 4.01. The molecular formula is C12H11ClN4O. The third-order valence-corrected chi connectivity index (χ3v) is 2.49. The zero-order valence-electron chi connectivity index (χ0n) is 9.43. The maximum Gasteiger partial charge on any atom is 0.231 e. The Morgan fingerprint density at radius 3 is 2.83 bits per heavy atom. The molecule has 0 spiro atoms. The van der Waals surface area contributed by atoms with E-state index in [1.807, 2.05) is 12.1 Å². The van der Waals surface area contributed by atoms with E-state index < -0.39 is 0 Å². The number of amides is 1. The van der Waals surface area contributed by atoms with E-state index in [1.165, 1.54) is 12.3 Å². The molecule has 0 radical (unpaired) electrons. The van der Waals surface area contributed by atoms with Gasteiger partial charge < -0.3 is 5.73 Å². The van der Waals surface area contributed by atoms with Crippen molar-refractivity contribution in [2.24, 2.45) is 0 Å². The van der Waals surface area contributed by atoms with Crippen LogP contribution in [0.3, 0.4) is 0 Å². The second-order valence-electron chi connectivity index (χ2n) is 3.63. The molecule has 0 bridgehead atoms. The van der Waals surface area contributed by atoms with Crippen LogP contribution in [-0.4, -0.2) is 15.9 Å². The number of rotatable bonds is 3. The molecule has 0 fully saturated rings. The molecule has 6 heteroatoms. The van der Waals surface area contributed by atoms with E-state index in [1.54, 1.807) is 12.1 Å². The first-order valence-electron chi connectivity index (χ1n) is 5.27. The van der Waals surface area contributed by atoms with E-state index in [0.717, 1.165) is 5.56 Å². The van der Waals surface area contributed by atoms with Gasteiger partial charge in [0.25, 0.3) is 0 Å². The van der Waals surface area contributed by atoms with Crippen LogP contribution in [0.25, 0.3) is 0 Å². The molecule has 0 aliphatic rings. The summed E-state index contributed by atoms with van der Waals surface area (Å²) in [5.41, 5.74) is 7.10. The lowest BCUT2D eigenvalue weighted by Gasteiger charge is -2.05. The van der Waals surface area contributed by atoms with E-state index in [2.05, 4.69) is 15.3 Å². The van der Waals surface area contributed by atoms with Crippen LogP contribution in [0, 0.1) is 0 Å². The standard InChI is InChI=1S/C12H11ClN4O/c13-10-5-6-15-12(16-10)17-11(18)7-8-3-1-2-4-9(8)14/h1-6H,7,14H2,(H,15,16,17,18). The molecule has 18 heavy (non-hydrogen) atoms. The lowest BCUT2D eigenvalue weighted by atomic mass is 10.1. The largest absolute Gasteiger partial charge is 0.398 e. The summed E-state index contributed by atoms with van der Waals surface area (Å²) in [7, 11) is 0. The maximum atomic E-state index is 11.8. The van der Waals surface area contributed by atoms with Gasteiger partial charge in [-0.3, -0.25) is 10.1 Å². The fraction of sp³-hybridized carbons (Fsp3) is 0.0833. The van der Waals surface area contributed by atoms with Gasteiger partial charge in [0.1, 0.15) is 5.15 Å². The fourth-order valence-corrected chi connectivity index (χ4v) is 1.57. The van der Waals surface area contributed by atoms with Gasteiger partial charge >= 0.3 is 0 Å². The zero-order valence-corrected chi connectivity index (χ0v) is 10.2. The number of nitrogens with zero attached hydrogens (tertiary/aromatic N) is 2. The van der Waals surface area contributed by atoms with Crippen LogP contribution >= 0.6 is 11.6 Å². The SMILES string of the molecule is Nc1ccccc1CC(=O)Nc1nccc(Cl)n1. The molecule has 1 amide bonds. The van der Waals surface area contributed by atoms with Crippen LogP contribution in [0.1, 0.15) is 5.56 Å². The minimum absolute atomic E-state index is 0.169. The van der Waals surface area contributed by atoms with Crippen LogP contribution < -0.4 is 11.1 Å². The Morgan fingerprint density at radius 2 is 2.11 bits per heavy atom. The molecule has 3 N–H and O–H groups in total. The first-order chi connectivity index (χ1) is 8.65. The number of halogens is 1. The molecule has 0 saturated heterocycles. The quantitative estimate of drug-likeness (QED) is 0.654. The molecule has 2 rings (SSSR count). The lowest BCUT2D eigenvalue weighted by molar-refractivity contribution is -0.115. The summed E-state index contributed by atoms with van der Waals surface area (Å²) in [6, 6.07) is 8.73. The number of hydrogen-bond donors (Lipinski definition) is 2. The Kier molecular flexibility index (Phi) is 3.74. The second kappa shape index (κ2) is 5.46. The first kappa shape index (κ1) is 12.3. The van der Waals surface area contributed by atoms with Gasteiger partial charge in [-0.25, -0.2) is 9.97 Å². The minimum atomic E-state index is -0.241. The summed E-state index contributed by atoms with van der Waals surface area (Å²) in [6.45, 7) is 0. The van der Waals surface area contributed by atoms with Crippen molar-refractivity contribution in [1.82, 2.24) is 9.97 Å². The monoisotopic (exact) mass is 262 g/mol. The highest BCUT2D eigenvalue weighted by Gasteiger charge is 2.08. The van der Waals surface area contributed by atoms with Crippen molar-refractivity contribution < 1.29 is 4.79 Å². The number of benzene rings is 1. The summed E-state index contributed by atoms with van der Waals surface area (Å²) in [6.07, 6.45) is 1.64. The van der Waals surface area contributed by atoms with E-state index in [9.17, 15) is 4.79 Å². The molecule has 1 heterocycles. The van der Waals surface area contributed by atoms with Crippen molar-refractivity contribution in [3.05, 3.63) is 47.2 Å². The van der Waals surface area contributed by atoms with E-state index in [4.69, 9.17) is 17.3 Å². The van der Waals surface area contributed by atoms with E-state index in [-0.39, 0.29) is 23.4 Å². The zero-order chi connectivity index (χ0) is 13.0. The highest BCUT2D eigenvalue weighted by Crippen LogP contribution is 2.12. The molecule has 0 aliphatic carbocycles. The third-order valence-electron chi connectivity index (χ3n) is 2.28. The normalized spacial score (nSPS) is 10.1. The Balaban J connectivity index is 2.03. The number of aromatic nitrogens is 2. The highest BCUT2D eigenvalue weighted by molar-refractivity contribution is 6.29. The molecule has 0 saturated carbocycles. The van der Waals surface area contributed by atoms with E-state index in [0.29, 0.717) is 5.69 Å². The molecular weight excluding hydrogens is 252 g/mol. The topological polar surface area (TPSA) is 80.9 Å². The predicted octanol–water partition coefficient (Wildman–Crippen LogP) is 1.89. The number of anilines is 2. The Labute approximate surface area is 109 Å². The summed E-state index contributed by atoms with van der Waals surface area (Å²) in [5, 5.41) is 2.83. The van der Waals surface area contributed by atoms with Crippen molar-refractivity contribution in [2.75, 3.05) is 11.1 Å². The molecule has 2 aromatic rings. The molecule has 0 aliphatic heterocycles. The Morgan fingerprint density at radius 1 is 1.33 bits per heavy atom. The van der Waals surface area contributed by atoms with Gasteiger partial charge in [0.2, 0.25) is 11.9 Å². The molecule has 92 valence electrons.